The molecule has 6 N–H and O–H groups in total. The van der Waals surface area contributed by atoms with E-state index in [1.54, 1.807) is 6.07 Å². The van der Waals surface area contributed by atoms with Crippen molar-refractivity contribution in [3.05, 3.63) is 83.9 Å². The van der Waals surface area contributed by atoms with Gasteiger partial charge in [-0.05, 0) is 54.9 Å². The number of hydrogen-bond donors (Lipinski definition) is 5. The molecular formula is C26H33N5OS2. The van der Waals surface area contributed by atoms with Gasteiger partial charge in [-0.25, -0.2) is 0 Å². The highest BCUT2D eigenvalue weighted by Crippen LogP contribution is 2.43. The van der Waals surface area contributed by atoms with E-state index in [0.29, 0.717) is 0 Å². The molecule has 180 valence electrons. The molecule has 1 heterocycles. The minimum Gasteiger partial charge on any atom is -0.360 e. The summed E-state index contributed by atoms with van der Waals surface area (Å²) in [4.78, 5) is 15.0. The first-order valence-electron chi connectivity index (χ1n) is 10.8. The summed E-state index contributed by atoms with van der Waals surface area (Å²) >= 11 is 5.96. The van der Waals surface area contributed by atoms with E-state index in [0.717, 1.165) is 22.6 Å². The first-order valence-corrected chi connectivity index (χ1v) is 12.2. The van der Waals surface area contributed by atoms with Crippen molar-refractivity contribution >= 4 is 47.9 Å². The van der Waals surface area contributed by atoms with Crippen LogP contribution in [0.2, 0.25) is 0 Å². The highest BCUT2D eigenvalue weighted by atomic mass is 32.2. The fraction of sp³-hybridized carbons (Fsp3) is 0.231. The Morgan fingerprint density at radius 1 is 1.15 bits per heavy atom. The molecule has 8 heteroatoms. The summed E-state index contributed by atoms with van der Waals surface area (Å²) in [6, 6.07) is 23.8. The number of thioether (sulfide) groups is 1. The summed E-state index contributed by atoms with van der Waals surface area (Å²) in [5.41, 5.74) is 15.1. The van der Waals surface area contributed by atoms with E-state index in [2.05, 4.69) is 66.0 Å². The van der Waals surface area contributed by atoms with Crippen LogP contribution in [0.15, 0.2) is 82.6 Å². The molecule has 0 bridgehead atoms. The molecular weight excluding hydrogens is 462 g/mol. The molecule has 0 aromatic heterocycles. The number of amides is 1. The van der Waals surface area contributed by atoms with Crippen molar-refractivity contribution in [3.63, 3.8) is 0 Å². The number of carbonyl (C=O) groups excluding carboxylic acids is 1. The SMILES string of the molecule is CC(=O)Nc1cccc(S)c1.CN.CN1c2ccccc2SC1C(N)Cc1cccc(C=N)c1. The van der Waals surface area contributed by atoms with Crippen LogP contribution in [0.25, 0.3) is 0 Å². The van der Waals surface area contributed by atoms with E-state index in [1.807, 2.05) is 48.2 Å². The van der Waals surface area contributed by atoms with E-state index in [4.69, 9.17) is 11.1 Å². The standard InChI is InChI=1S/C17H19N3S.C8H9NOS.CH5N/c1-20-15-7-2-3-8-16(15)21-17(20)14(19)10-12-5-4-6-13(9-12)11-18;1-6(10)9-7-3-2-4-8(11)5-7;1-2/h2-9,11,14,17-18H,10,19H2,1H3;2-5,11H,1H3,(H,9,10);2H2,1H3. The zero-order valence-electron chi connectivity index (χ0n) is 19.7. The summed E-state index contributed by atoms with van der Waals surface area (Å²) in [6.07, 6.45) is 2.19. The van der Waals surface area contributed by atoms with Gasteiger partial charge in [-0.15, -0.1) is 12.6 Å². The molecule has 3 aromatic rings. The van der Waals surface area contributed by atoms with E-state index in [9.17, 15) is 4.79 Å². The average molecular weight is 496 g/mol. The van der Waals surface area contributed by atoms with Crippen LogP contribution >= 0.6 is 24.4 Å². The number of nitrogens with two attached hydrogens (primary N) is 2. The van der Waals surface area contributed by atoms with Gasteiger partial charge in [-0.3, -0.25) is 4.79 Å². The Hall–Kier alpha value is -2.78. The lowest BCUT2D eigenvalue weighted by Crippen LogP contribution is -2.43. The Balaban J connectivity index is 0.000000266. The third-order valence-electron chi connectivity index (χ3n) is 5.00. The molecule has 4 rings (SSSR count). The number of carbonyl (C=O) groups is 1. The van der Waals surface area contributed by atoms with Crippen LogP contribution in [0.1, 0.15) is 18.1 Å². The van der Waals surface area contributed by atoms with Crippen LogP contribution in [0.5, 0.6) is 0 Å². The Labute approximate surface area is 212 Å². The lowest BCUT2D eigenvalue weighted by atomic mass is 10.0. The summed E-state index contributed by atoms with van der Waals surface area (Å²) < 4.78 is 0. The normalized spacial score (nSPS) is 14.5. The molecule has 6 nitrogen and oxygen atoms in total. The van der Waals surface area contributed by atoms with Crippen molar-refractivity contribution in [2.24, 2.45) is 11.5 Å². The summed E-state index contributed by atoms with van der Waals surface area (Å²) in [6.45, 7) is 1.48. The second-order valence-corrected chi connectivity index (χ2v) is 9.25. The minimum absolute atomic E-state index is 0.0494. The van der Waals surface area contributed by atoms with Crippen molar-refractivity contribution in [1.82, 2.24) is 0 Å². The number of thiol groups is 1. The molecule has 34 heavy (non-hydrogen) atoms. The van der Waals surface area contributed by atoms with Gasteiger partial charge in [0.2, 0.25) is 5.91 Å². The van der Waals surface area contributed by atoms with Crippen molar-refractivity contribution in [3.8, 4) is 0 Å². The Morgan fingerprint density at radius 2 is 1.85 bits per heavy atom. The number of benzene rings is 3. The van der Waals surface area contributed by atoms with Gasteiger partial charge in [-0.2, -0.15) is 0 Å². The summed E-state index contributed by atoms with van der Waals surface area (Å²) in [7, 11) is 3.61. The lowest BCUT2D eigenvalue weighted by Gasteiger charge is -2.27. The van der Waals surface area contributed by atoms with Crippen LogP contribution in [0.3, 0.4) is 0 Å². The second-order valence-electron chi connectivity index (χ2n) is 7.58. The minimum atomic E-state index is -0.0658. The first kappa shape index (κ1) is 27.5. The van der Waals surface area contributed by atoms with Crippen molar-refractivity contribution in [1.29, 1.82) is 5.41 Å². The number of likely N-dealkylation sites (N-methyl/N-ethyl adjacent to an activating group) is 1. The van der Waals surface area contributed by atoms with Crippen molar-refractivity contribution in [2.45, 2.75) is 34.6 Å². The third-order valence-corrected chi connectivity index (χ3v) is 6.78. The van der Waals surface area contributed by atoms with E-state index < -0.39 is 0 Å². The Bertz CT molecular complexity index is 1090. The quantitative estimate of drug-likeness (QED) is 0.262. The summed E-state index contributed by atoms with van der Waals surface area (Å²) in [5, 5.41) is 10.3. The predicted octanol–water partition coefficient (Wildman–Crippen LogP) is 4.63. The smallest absolute Gasteiger partial charge is 0.221 e. The zero-order valence-corrected chi connectivity index (χ0v) is 21.4. The monoisotopic (exact) mass is 495 g/mol. The Kier molecular flexibility index (Phi) is 11.2. The maximum Gasteiger partial charge on any atom is 0.221 e. The summed E-state index contributed by atoms with van der Waals surface area (Å²) in [5.74, 6) is -0.0658. The van der Waals surface area contributed by atoms with Crippen LogP contribution in [-0.4, -0.2) is 37.6 Å². The van der Waals surface area contributed by atoms with Gasteiger partial charge in [0.05, 0.1) is 11.1 Å². The lowest BCUT2D eigenvalue weighted by molar-refractivity contribution is -0.114. The maximum atomic E-state index is 10.6. The molecule has 2 atom stereocenters. The molecule has 0 radical (unpaired) electrons. The van der Waals surface area contributed by atoms with Gasteiger partial charge in [0, 0.05) is 41.7 Å². The van der Waals surface area contributed by atoms with Crippen LogP contribution in [0.4, 0.5) is 11.4 Å². The van der Waals surface area contributed by atoms with Crippen LogP contribution in [-0.2, 0) is 11.2 Å². The topological polar surface area (TPSA) is 108 Å². The zero-order chi connectivity index (χ0) is 25.1. The van der Waals surface area contributed by atoms with Crippen LogP contribution < -0.4 is 21.7 Å². The number of nitrogens with one attached hydrogen (secondary N) is 2. The third kappa shape index (κ3) is 7.92. The Morgan fingerprint density at radius 3 is 2.50 bits per heavy atom. The van der Waals surface area contributed by atoms with E-state index >= 15 is 0 Å². The fourth-order valence-corrected chi connectivity index (χ4v) is 5.06. The largest absolute Gasteiger partial charge is 0.360 e. The van der Waals surface area contributed by atoms with E-state index in [-0.39, 0.29) is 17.3 Å². The first-order chi connectivity index (χ1) is 16.4. The molecule has 0 aliphatic carbocycles. The molecule has 0 saturated heterocycles. The number of para-hydroxylation sites is 1. The number of anilines is 2. The van der Waals surface area contributed by atoms with Crippen molar-refractivity contribution < 1.29 is 4.79 Å². The number of fused-ring (bicyclic) bond motifs is 1. The molecule has 1 amide bonds. The number of nitrogens with zero attached hydrogens (tertiary/aromatic N) is 1. The number of hydrogen-bond acceptors (Lipinski definition) is 7. The fourth-order valence-electron chi connectivity index (χ4n) is 3.54. The van der Waals surface area contributed by atoms with Gasteiger partial charge in [0.25, 0.3) is 0 Å². The maximum absolute atomic E-state index is 10.6. The molecule has 2 unspecified atom stereocenters. The van der Waals surface area contributed by atoms with Gasteiger partial charge in [0.15, 0.2) is 0 Å². The molecule has 1 aliphatic rings. The molecule has 3 aromatic carbocycles. The molecule has 0 spiro atoms. The predicted molar refractivity (Wildman–Crippen MR) is 149 cm³/mol. The highest BCUT2D eigenvalue weighted by molar-refractivity contribution is 8.00. The van der Waals surface area contributed by atoms with Gasteiger partial charge < -0.3 is 27.1 Å². The highest BCUT2D eigenvalue weighted by Gasteiger charge is 2.31. The van der Waals surface area contributed by atoms with Gasteiger partial charge in [0.1, 0.15) is 0 Å². The molecule has 0 saturated carbocycles. The van der Waals surface area contributed by atoms with E-state index in [1.165, 1.54) is 36.3 Å². The second kappa shape index (κ2) is 13.8. The van der Waals surface area contributed by atoms with Gasteiger partial charge in [-0.1, -0.05) is 54.2 Å². The van der Waals surface area contributed by atoms with Crippen molar-refractivity contribution in [2.75, 3.05) is 24.3 Å². The average Bonchev–Trinajstić information content (AvgIpc) is 3.17. The van der Waals surface area contributed by atoms with Crippen LogP contribution in [0, 0.1) is 5.41 Å². The molecule has 0 fully saturated rings. The molecule has 1 aliphatic heterocycles. The van der Waals surface area contributed by atoms with Gasteiger partial charge >= 0.3 is 0 Å². The number of rotatable bonds is 5.